The zero-order valence-corrected chi connectivity index (χ0v) is 14.4. The Hall–Kier alpha value is -2.08. The second-order valence-electron chi connectivity index (χ2n) is 5.56. The molecule has 0 aliphatic heterocycles. The molecule has 0 aliphatic carbocycles. The average molecular weight is 361 g/mol. The van der Waals surface area contributed by atoms with Gasteiger partial charge < -0.3 is 14.3 Å². The number of hydrogen-bond donors (Lipinski definition) is 1. The molecule has 7 heteroatoms. The molecule has 0 aromatic carbocycles. The molecule has 0 spiro atoms. The lowest BCUT2D eigenvalue weighted by molar-refractivity contribution is 0.134. The smallest absolute Gasteiger partial charge is 0.143 e. The van der Waals surface area contributed by atoms with E-state index in [0.717, 1.165) is 33.3 Å². The Kier molecular flexibility index (Phi) is 3.92. The number of aromatic nitrogens is 4. The van der Waals surface area contributed by atoms with Crippen LogP contribution >= 0.6 is 23.2 Å². The summed E-state index contributed by atoms with van der Waals surface area (Å²) in [5.74, 6) is 0. The lowest BCUT2D eigenvalue weighted by Crippen LogP contribution is -2.00. The van der Waals surface area contributed by atoms with E-state index in [4.69, 9.17) is 27.9 Å². The summed E-state index contributed by atoms with van der Waals surface area (Å²) in [5, 5.41) is 3.20. The number of ether oxygens (including phenoxy) is 1. The number of rotatable bonds is 4. The highest BCUT2D eigenvalue weighted by atomic mass is 35.5. The highest BCUT2D eigenvalue weighted by Gasteiger charge is 2.13. The molecular weight excluding hydrogens is 347 g/mol. The van der Waals surface area contributed by atoms with Crippen molar-refractivity contribution in [2.24, 2.45) is 0 Å². The van der Waals surface area contributed by atoms with Gasteiger partial charge in [0.15, 0.2) is 0 Å². The minimum Gasteiger partial charge on any atom is -0.364 e. The highest BCUT2D eigenvalue weighted by molar-refractivity contribution is 6.36. The molecule has 0 saturated carbocycles. The Bertz CT molecular complexity index is 1040. The van der Waals surface area contributed by atoms with E-state index < -0.39 is 0 Å². The van der Waals surface area contributed by atoms with E-state index in [0.29, 0.717) is 23.2 Å². The van der Waals surface area contributed by atoms with E-state index in [1.54, 1.807) is 25.6 Å². The van der Waals surface area contributed by atoms with E-state index in [1.165, 1.54) is 0 Å². The Morgan fingerprint density at radius 3 is 2.88 bits per heavy atom. The first-order valence-corrected chi connectivity index (χ1v) is 8.16. The van der Waals surface area contributed by atoms with E-state index in [9.17, 15) is 0 Å². The van der Waals surface area contributed by atoms with Crippen molar-refractivity contribution in [2.75, 3.05) is 7.11 Å². The fraction of sp³-hybridized carbons (Fsp3) is 0.176. The third-order valence-electron chi connectivity index (χ3n) is 3.98. The molecule has 5 nitrogen and oxygen atoms in total. The van der Waals surface area contributed by atoms with Gasteiger partial charge in [0.25, 0.3) is 0 Å². The summed E-state index contributed by atoms with van der Waals surface area (Å²) in [6.07, 6.45) is 6.04. The minimum atomic E-state index is 0.443. The molecule has 24 heavy (non-hydrogen) atoms. The predicted molar refractivity (Wildman–Crippen MR) is 95.7 cm³/mol. The van der Waals surface area contributed by atoms with Crippen LogP contribution in [0.3, 0.4) is 0 Å². The molecule has 0 bridgehead atoms. The molecule has 4 heterocycles. The number of methoxy groups -OCH3 is 1. The lowest BCUT2D eigenvalue weighted by Gasteiger charge is -2.06. The minimum absolute atomic E-state index is 0.443. The van der Waals surface area contributed by atoms with Crippen molar-refractivity contribution in [3.63, 3.8) is 0 Å². The molecule has 0 unspecified atom stereocenters. The SMILES string of the molecule is COCn1ccc2c(Cl)c(Cc3cc4c(Cl)ccnc4[nH]3)cnc21. The van der Waals surface area contributed by atoms with Gasteiger partial charge in [-0.3, -0.25) is 0 Å². The molecule has 1 N–H and O–H groups in total. The van der Waals surface area contributed by atoms with Crippen molar-refractivity contribution in [1.82, 2.24) is 19.5 Å². The summed E-state index contributed by atoms with van der Waals surface area (Å²) < 4.78 is 7.07. The fourth-order valence-electron chi connectivity index (χ4n) is 2.86. The number of H-pyrrole nitrogens is 1. The Morgan fingerprint density at radius 1 is 1.21 bits per heavy atom. The van der Waals surface area contributed by atoms with Crippen molar-refractivity contribution in [2.45, 2.75) is 13.2 Å². The fourth-order valence-corrected chi connectivity index (χ4v) is 3.33. The van der Waals surface area contributed by atoms with Crippen LogP contribution in [0, 0.1) is 0 Å². The quantitative estimate of drug-likeness (QED) is 0.586. The van der Waals surface area contributed by atoms with Crippen LogP contribution in [0.25, 0.3) is 22.1 Å². The van der Waals surface area contributed by atoms with Gasteiger partial charge in [0.2, 0.25) is 0 Å². The summed E-state index contributed by atoms with van der Waals surface area (Å²) in [7, 11) is 1.65. The first-order chi connectivity index (χ1) is 11.7. The van der Waals surface area contributed by atoms with E-state index in [2.05, 4.69) is 15.0 Å². The van der Waals surface area contributed by atoms with Crippen LogP contribution in [0.1, 0.15) is 11.3 Å². The molecule has 4 aromatic rings. The molecule has 0 saturated heterocycles. The van der Waals surface area contributed by atoms with Crippen LogP contribution in [0.5, 0.6) is 0 Å². The Morgan fingerprint density at radius 2 is 2.08 bits per heavy atom. The number of pyridine rings is 2. The molecule has 4 aromatic heterocycles. The normalized spacial score (nSPS) is 11.6. The van der Waals surface area contributed by atoms with Crippen molar-refractivity contribution in [3.05, 3.63) is 58.1 Å². The van der Waals surface area contributed by atoms with Gasteiger partial charge in [0.1, 0.15) is 18.0 Å². The van der Waals surface area contributed by atoms with Crippen molar-refractivity contribution in [3.8, 4) is 0 Å². The van der Waals surface area contributed by atoms with Gasteiger partial charge in [-0.25, -0.2) is 9.97 Å². The number of aromatic amines is 1. The topological polar surface area (TPSA) is 55.7 Å². The molecule has 4 rings (SSSR count). The third-order valence-corrected chi connectivity index (χ3v) is 4.75. The maximum Gasteiger partial charge on any atom is 0.143 e. The van der Waals surface area contributed by atoms with Gasteiger partial charge in [0, 0.05) is 48.6 Å². The second-order valence-corrected chi connectivity index (χ2v) is 6.35. The van der Waals surface area contributed by atoms with Crippen molar-refractivity contribution >= 4 is 45.3 Å². The summed E-state index contributed by atoms with van der Waals surface area (Å²) in [6.45, 7) is 0.443. The maximum atomic E-state index is 6.59. The summed E-state index contributed by atoms with van der Waals surface area (Å²) >= 11 is 12.8. The van der Waals surface area contributed by atoms with Crippen LogP contribution in [-0.2, 0) is 17.9 Å². The average Bonchev–Trinajstić information content (AvgIpc) is 3.16. The van der Waals surface area contributed by atoms with Crippen LogP contribution in [0.15, 0.2) is 36.8 Å². The molecular formula is C17H14Cl2N4O. The number of hydrogen-bond acceptors (Lipinski definition) is 3. The van der Waals surface area contributed by atoms with Gasteiger partial charge in [-0.15, -0.1) is 0 Å². The number of nitrogens with one attached hydrogen (secondary N) is 1. The summed E-state index contributed by atoms with van der Waals surface area (Å²) in [5.41, 5.74) is 3.52. The monoisotopic (exact) mass is 360 g/mol. The lowest BCUT2D eigenvalue weighted by atomic mass is 10.1. The molecule has 0 atom stereocenters. The van der Waals surface area contributed by atoms with Gasteiger partial charge in [-0.2, -0.15) is 0 Å². The standard InChI is InChI=1S/C17H14Cl2N4O/c1-24-9-23-5-3-12-15(19)10(8-21-17(12)23)6-11-7-13-14(18)2-4-20-16(13)22-11/h2-5,7-8H,6,9H2,1H3,(H,20,22). The van der Waals surface area contributed by atoms with Gasteiger partial charge >= 0.3 is 0 Å². The van der Waals surface area contributed by atoms with Crippen LogP contribution < -0.4 is 0 Å². The van der Waals surface area contributed by atoms with E-state index in [-0.39, 0.29) is 0 Å². The Labute approximate surface area is 148 Å². The van der Waals surface area contributed by atoms with E-state index in [1.807, 2.05) is 22.9 Å². The van der Waals surface area contributed by atoms with Gasteiger partial charge in [0.05, 0.1) is 10.0 Å². The zero-order chi connectivity index (χ0) is 16.7. The zero-order valence-electron chi connectivity index (χ0n) is 12.9. The van der Waals surface area contributed by atoms with Gasteiger partial charge in [-0.1, -0.05) is 23.2 Å². The van der Waals surface area contributed by atoms with Crippen molar-refractivity contribution < 1.29 is 4.74 Å². The largest absolute Gasteiger partial charge is 0.364 e. The first kappa shape index (κ1) is 15.4. The highest BCUT2D eigenvalue weighted by Crippen LogP contribution is 2.29. The van der Waals surface area contributed by atoms with Crippen molar-refractivity contribution in [1.29, 1.82) is 0 Å². The van der Waals surface area contributed by atoms with Gasteiger partial charge in [-0.05, 0) is 23.8 Å². The first-order valence-electron chi connectivity index (χ1n) is 7.40. The van der Waals surface area contributed by atoms with Crippen LogP contribution in [0.4, 0.5) is 0 Å². The van der Waals surface area contributed by atoms with Crippen LogP contribution in [0.2, 0.25) is 10.0 Å². The molecule has 0 amide bonds. The number of nitrogens with zero attached hydrogens (tertiary/aromatic N) is 3. The molecule has 0 aliphatic rings. The second kappa shape index (κ2) is 6.09. The molecule has 0 fully saturated rings. The third kappa shape index (κ3) is 2.55. The summed E-state index contributed by atoms with van der Waals surface area (Å²) in [4.78, 5) is 12.1. The number of fused-ring (bicyclic) bond motifs is 2. The summed E-state index contributed by atoms with van der Waals surface area (Å²) in [6, 6.07) is 5.73. The van der Waals surface area contributed by atoms with E-state index >= 15 is 0 Å². The number of halogens is 2. The Balaban J connectivity index is 1.73. The van der Waals surface area contributed by atoms with Crippen LogP contribution in [-0.4, -0.2) is 26.6 Å². The predicted octanol–water partition coefficient (Wildman–Crippen LogP) is 4.41. The molecule has 122 valence electrons. The molecule has 0 radical (unpaired) electrons. The maximum absolute atomic E-state index is 6.59.